The van der Waals surface area contributed by atoms with Gasteiger partial charge in [0.05, 0.1) is 6.54 Å². The van der Waals surface area contributed by atoms with Gasteiger partial charge >= 0.3 is 0 Å². The molecule has 2 aromatic carbocycles. The van der Waals surface area contributed by atoms with Crippen LogP contribution in [0.3, 0.4) is 0 Å². The molecule has 2 nitrogen and oxygen atoms in total. The van der Waals surface area contributed by atoms with Crippen LogP contribution in [0.25, 0.3) is 6.08 Å². The predicted octanol–water partition coefficient (Wildman–Crippen LogP) is 4.02. The van der Waals surface area contributed by atoms with Crippen LogP contribution in [-0.2, 0) is 17.8 Å². The highest BCUT2D eigenvalue weighted by Crippen LogP contribution is 2.37. The summed E-state index contributed by atoms with van der Waals surface area (Å²) in [4.78, 5) is 14.5. The van der Waals surface area contributed by atoms with E-state index in [2.05, 4.69) is 42.5 Å². The van der Waals surface area contributed by atoms with Gasteiger partial charge in [0.25, 0.3) is 0 Å². The summed E-state index contributed by atoms with van der Waals surface area (Å²) in [5, 5.41) is 0. The number of piperidine rings is 1. The molecule has 110 valence electrons. The summed E-state index contributed by atoms with van der Waals surface area (Å²) >= 11 is 0. The second kappa shape index (κ2) is 5.45. The van der Waals surface area contributed by atoms with Crippen molar-refractivity contribution in [2.45, 2.75) is 25.8 Å². The Balaban J connectivity index is 1.71. The third-order valence-electron chi connectivity index (χ3n) is 4.75. The molecule has 0 saturated carbocycles. The molecule has 0 N–H and O–H groups in total. The number of carbonyl (C=O) groups excluding carboxylic acids is 1. The maximum absolute atomic E-state index is 12.5. The first-order chi connectivity index (χ1) is 10.8. The van der Waals surface area contributed by atoms with E-state index in [0.29, 0.717) is 18.9 Å². The molecule has 1 fully saturated rings. The van der Waals surface area contributed by atoms with Gasteiger partial charge in [0.2, 0.25) is 5.91 Å². The monoisotopic (exact) mass is 289 g/mol. The number of fused-ring (bicyclic) bond motifs is 2. The van der Waals surface area contributed by atoms with Crippen molar-refractivity contribution < 1.29 is 4.79 Å². The van der Waals surface area contributed by atoms with E-state index in [1.54, 1.807) is 0 Å². The molecule has 2 aromatic rings. The topological polar surface area (TPSA) is 20.3 Å². The SMILES string of the molecule is O=C1CCC2Cc3ccccc3C=C2N1Cc1ccccc1. The highest BCUT2D eigenvalue weighted by Gasteiger charge is 2.33. The van der Waals surface area contributed by atoms with Gasteiger partial charge in [-0.2, -0.15) is 0 Å². The number of nitrogens with zero attached hydrogens (tertiary/aromatic N) is 1. The van der Waals surface area contributed by atoms with E-state index in [0.717, 1.165) is 12.8 Å². The number of amides is 1. The molecule has 1 amide bonds. The summed E-state index contributed by atoms with van der Waals surface area (Å²) in [7, 11) is 0. The van der Waals surface area contributed by atoms with E-state index in [-0.39, 0.29) is 5.91 Å². The molecule has 0 spiro atoms. The Morgan fingerprint density at radius 2 is 1.77 bits per heavy atom. The highest BCUT2D eigenvalue weighted by molar-refractivity contribution is 5.81. The van der Waals surface area contributed by atoms with Crippen molar-refractivity contribution in [3.63, 3.8) is 0 Å². The van der Waals surface area contributed by atoms with Crippen molar-refractivity contribution in [2.24, 2.45) is 5.92 Å². The molecule has 1 aliphatic carbocycles. The van der Waals surface area contributed by atoms with Crippen molar-refractivity contribution in [1.82, 2.24) is 4.90 Å². The van der Waals surface area contributed by atoms with Crippen molar-refractivity contribution >= 4 is 12.0 Å². The third kappa shape index (κ3) is 2.35. The average molecular weight is 289 g/mol. The number of rotatable bonds is 2. The van der Waals surface area contributed by atoms with E-state index in [1.165, 1.54) is 22.4 Å². The number of hydrogen-bond donors (Lipinski definition) is 0. The first-order valence-electron chi connectivity index (χ1n) is 7.95. The Morgan fingerprint density at radius 3 is 2.64 bits per heavy atom. The first-order valence-corrected chi connectivity index (χ1v) is 7.95. The minimum atomic E-state index is 0.255. The lowest BCUT2D eigenvalue weighted by atomic mass is 9.81. The summed E-state index contributed by atoms with van der Waals surface area (Å²) in [6.07, 6.45) is 4.92. The van der Waals surface area contributed by atoms with Crippen molar-refractivity contribution in [3.8, 4) is 0 Å². The Kier molecular flexibility index (Phi) is 3.30. The number of allylic oxidation sites excluding steroid dienone is 1. The smallest absolute Gasteiger partial charge is 0.227 e. The molecule has 1 atom stereocenters. The Hall–Kier alpha value is -2.35. The number of hydrogen-bond acceptors (Lipinski definition) is 1. The lowest BCUT2D eigenvalue weighted by Crippen LogP contribution is -2.39. The van der Waals surface area contributed by atoms with Crippen LogP contribution in [-0.4, -0.2) is 10.8 Å². The van der Waals surface area contributed by atoms with Gasteiger partial charge in [0.15, 0.2) is 0 Å². The van der Waals surface area contributed by atoms with Crippen LogP contribution in [0.15, 0.2) is 60.3 Å². The molecule has 1 saturated heterocycles. The molecule has 1 heterocycles. The van der Waals surface area contributed by atoms with Crippen LogP contribution in [0.5, 0.6) is 0 Å². The van der Waals surface area contributed by atoms with Gasteiger partial charge < -0.3 is 4.90 Å². The summed E-state index contributed by atoms with van der Waals surface area (Å²) < 4.78 is 0. The van der Waals surface area contributed by atoms with Gasteiger partial charge in [-0.15, -0.1) is 0 Å². The minimum absolute atomic E-state index is 0.255. The van der Waals surface area contributed by atoms with E-state index >= 15 is 0 Å². The molecular weight excluding hydrogens is 270 g/mol. The Bertz CT molecular complexity index is 732. The second-order valence-electron chi connectivity index (χ2n) is 6.17. The van der Waals surface area contributed by atoms with Crippen molar-refractivity contribution in [1.29, 1.82) is 0 Å². The van der Waals surface area contributed by atoms with E-state index in [4.69, 9.17) is 0 Å². The van der Waals surface area contributed by atoms with Gasteiger partial charge in [-0.05, 0) is 35.6 Å². The van der Waals surface area contributed by atoms with Crippen LogP contribution in [0.1, 0.15) is 29.5 Å². The van der Waals surface area contributed by atoms with Gasteiger partial charge in [0, 0.05) is 18.0 Å². The molecule has 1 unspecified atom stereocenters. The quantitative estimate of drug-likeness (QED) is 0.817. The van der Waals surface area contributed by atoms with E-state index < -0.39 is 0 Å². The predicted molar refractivity (Wildman–Crippen MR) is 87.8 cm³/mol. The lowest BCUT2D eigenvalue weighted by molar-refractivity contribution is -0.132. The van der Waals surface area contributed by atoms with Crippen LogP contribution in [0.2, 0.25) is 0 Å². The lowest BCUT2D eigenvalue weighted by Gasteiger charge is -2.38. The number of carbonyl (C=O) groups is 1. The van der Waals surface area contributed by atoms with Crippen molar-refractivity contribution in [2.75, 3.05) is 0 Å². The standard InChI is InChI=1S/C20H19NO/c22-20-11-10-18-12-16-8-4-5-9-17(16)13-19(18)21(20)14-15-6-2-1-3-7-15/h1-9,13,18H,10-12,14H2. The number of likely N-dealkylation sites (tertiary alicyclic amines) is 1. The van der Waals surface area contributed by atoms with Crippen LogP contribution in [0, 0.1) is 5.92 Å². The normalized spacial score (nSPS) is 20.2. The molecule has 0 aromatic heterocycles. The largest absolute Gasteiger partial charge is 0.311 e. The van der Waals surface area contributed by atoms with E-state index in [9.17, 15) is 4.79 Å². The van der Waals surface area contributed by atoms with E-state index in [1.807, 2.05) is 23.1 Å². The van der Waals surface area contributed by atoms with Gasteiger partial charge in [-0.25, -0.2) is 0 Å². The Morgan fingerprint density at radius 1 is 1.00 bits per heavy atom. The Labute approximate surface area is 131 Å². The summed E-state index contributed by atoms with van der Waals surface area (Å²) in [5.41, 5.74) is 5.07. The fourth-order valence-electron chi connectivity index (χ4n) is 3.58. The first kappa shape index (κ1) is 13.3. The maximum atomic E-state index is 12.5. The average Bonchev–Trinajstić information content (AvgIpc) is 2.57. The molecule has 4 rings (SSSR count). The molecule has 0 radical (unpaired) electrons. The highest BCUT2D eigenvalue weighted by atomic mass is 16.2. The summed E-state index contributed by atoms with van der Waals surface area (Å²) in [6, 6.07) is 18.8. The molecule has 1 aliphatic heterocycles. The summed E-state index contributed by atoms with van der Waals surface area (Å²) in [5.74, 6) is 0.738. The van der Waals surface area contributed by atoms with Gasteiger partial charge in [-0.3, -0.25) is 4.79 Å². The summed E-state index contributed by atoms with van der Waals surface area (Å²) in [6.45, 7) is 0.685. The molecule has 0 bridgehead atoms. The minimum Gasteiger partial charge on any atom is -0.311 e. The molecular formula is C20H19NO. The molecule has 2 heteroatoms. The van der Waals surface area contributed by atoms with Crippen molar-refractivity contribution in [3.05, 3.63) is 77.0 Å². The van der Waals surface area contributed by atoms with Gasteiger partial charge in [-0.1, -0.05) is 54.6 Å². The molecule has 22 heavy (non-hydrogen) atoms. The zero-order valence-corrected chi connectivity index (χ0v) is 12.5. The third-order valence-corrected chi connectivity index (χ3v) is 4.75. The number of benzene rings is 2. The van der Waals surface area contributed by atoms with Crippen LogP contribution < -0.4 is 0 Å². The second-order valence-corrected chi connectivity index (χ2v) is 6.17. The van der Waals surface area contributed by atoms with Crippen LogP contribution in [0.4, 0.5) is 0 Å². The fraction of sp³-hybridized carbons (Fsp3) is 0.250. The zero-order chi connectivity index (χ0) is 14.9. The fourth-order valence-corrected chi connectivity index (χ4v) is 3.58. The maximum Gasteiger partial charge on any atom is 0.227 e. The van der Waals surface area contributed by atoms with Gasteiger partial charge in [0.1, 0.15) is 0 Å². The van der Waals surface area contributed by atoms with Crippen LogP contribution >= 0.6 is 0 Å². The zero-order valence-electron chi connectivity index (χ0n) is 12.5. The molecule has 2 aliphatic rings.